The van der Waals surface area contributed by atoms with Gasteiger partial charge in [-0.05, 0) is 24.5 Å². The van der Waals surface area contributed by atoms with Gasteiger partial charge in [0.2, 0.25) is 15.9 Å². The van der Waals surface area contributed by atoms with E-state index in [1.165, 1.54) is 10.4 Å². The third kappa shape index (κ3) is 3.46. The van der Waals surface area contributed by atoms with E-state index in [9.17, 15) is 13.2 Å². The molecule has 5 nitrogen and oxygen atoms in total. The summed E-state index contributed by atoms with van der Waals surface area (Å²) in [4.78, 5) is 11.4. The Labute approximate surface area is 119 Å². The number of benzene rings is 1. The van der Waals surface area contributed by atoms with E-state index in [4.69, 9.17) is 5.73 Å². The van der Waals surface area contributed by atoms with E-state index in [1.807, 2.05) is 30.3 Å². The van der Waals surface area contributed by atoms with E-state index in [2.05, 4.69) is 0 Å². The Hall–Kier alpha value is -1.66. The molecule has 0 saturated carbocycles. The standard InChI is InChI=1S/C14H18N2O3S/c15-14(17)13-8-4-5-10-16(13)20(18,19)11-9-12-6-2-1-3-7-12/h1-3,6-7,9,11,13H,4-5,8,10H2,(H2,15,17)/b11-9+. The first-order valence-corrected chi connectivity index (χ1v) is 8.05. The zero-order valence-corrected chi connectivity index (χ0v) is 11.9. The Kier molecular flexibility index (Phi) is 4.57. The molecule has 2 rings (SSSR count). The minimum Gasteiger partial charge on any atom is -0.368 e. The van der Waals surface area contributed by atoms with Crippen LogP contribution in [-0.2, 0) is 14.8 Å². The zero-order valence-electron chi connectivity index (χ0n) is 11.1. The van der Waals surface area contributed by atoms with Crippen molar-refractivity contribution in [2.24, 2.45) is 5.73 Å². The van der Waals surface area contributed by atoms with Gasteiger partial charge in [0.1, 0.15) is 6.04 Å². The average molecular weight is 294 g/mol. The van der Waals surface area contributed by atoms with Crippen LogP contribution in [0.3, 0.4) is 0 Å². The van der Waals surface area contributed by atoms with Gasteiger partial charge in [-0.25, -0.2) is 8.42 Å². The number of hydrogen-bond acceptors (Lipinski definition) is 3. The fraction of sp³-hybridized carbons (Fsp3) is 0.357. The van der Waals surface area contributed by atoms with Crippen molar-refractivity contribution in [1.82, 2.24) is 4.31 Å². The molecule has 2 N–H and O–H groups in total. The molecule has 20 heavy (non-hydrogen) atoms. The first kappa shape index (κ1) is 14.7. The minimum atomic E-state index is -3.62. The number of carbonyl (C=O) groups excluding carboxylic acids is 1. The quantitative estimate of drug-likeness (QED) is 0.909. The Bertz CT molecular complexity index is 596. The molecule has 0 radical (unpaired) electrons. The molecule has 1 heterocycles. The smallest absolute Gasteiger partial charge is 0.236 e. The lowest BCUT2D eigenvalue weighted by atomic mass is 10.0. The number of hydrogen-bond donors (Lipinski definition) is 1. The fourth-order valence-electron chi connectivity index (χ4n) is 2.30. The van der Waals surface area contributed by atoms with Crippen molar-refractivity contribution in [1.29, 1.82) is 0 Å². The predicted octanol–water partition coefficient (Wildman–Crippen LogP) is 1.33. The number of nitrogens with zero attached hydrogens (tertiary/aromatic N) is 1. The van der Waals surface area contributed by atoms with Crippen LogP contribution >= 0.6 is 0 Å². The molecule has 1 atom stereocenters. The molecule has 108 valence electrons. The molecule has 6 heteroatoms. The summed E-state index contributed by atoms with van der Waals surface area (Å²) in [6.45, 7) is 0.342. The van der Waals surface area contributed by atoms with Crippen LogP contribution in [0.5, 0.6) is 0 Å². The summed E-state index contributed by atoms with van der Waals surface area (Å²) in [6, 6.07) is 8.43. The summed E-state index contributed by atoms with van der Waals surface area (Å²) in [5.74, 6) is -0.582. The SMILES string of the molecule is NC(=O)C1CCCCN1S(=O)(=O)/C=C/c1ccccc1. The highest BCUT2D eigenvalue weighted by Gasteiger charge is 2.34. The van der Waals surface area contributed by atoms with Crippen LogP contribution in [0, 0.1) is 0 Å². The van der Waals surface area contributed by atoms with Gasteiger partial charge < -0.3 is 5.73 Å². The number of amides is 1. The second kappa shape index (κ2) is 6.19. The Morgan fingerprint density at radius 3 is 2.60 bits per heavy atom. The molecule has 1 unspecified atom stereocenters. The van der Waals surface area contributed by atoms with Gasteiger partial charge in [0.05, 0.1) is 0 Å². The third-order valence-corrected chi connectivity index (χ3v) is 4.91. The van der Waals surface area contributed by atoms with Crippen LogP contribution in [0.25, 0.3) is 6.08 Å². The first-order valence-electron chi connectivity index (χ1n) is 6.55. The number of piperidine rings is 1. The highest BCUT2D eigenvalue weighted by Crippen LogP contribution is 2.21. The molecule has 0 spiro atoms. The van der Waals surface area contributed by atoms with Crippen LogP contribution in [0.15, 0.2) is 35.7 Å². The summed E-state index contributed by atoms with van der Waals surface area (Å²) in [5.41, 5.74) is 6.09. The molecule has 1 fully saturated rings. The van der Waals surface area contributed by atoms with E-state index in [-0.39, 0.29) is 0 Å². The van der Waals surface area contributed by atoms with Gasteiger partial charge in [-0.3, -0.25) is 4.79 Å². The number of rotatable bonds is 4. The molecule has 1 aromatic rings. The van der Waals surface area contributed by atoms with E-state index < -0.39 is 22.0 Å². The van der Waals surface area contributed by atoms with Crippen LogP contribution in [-0.4, -0.2) is 31.2 Å². The summed E-state index contributed by atoms with van der Waals surface area (Å²) < 4.78 is 25.8. The summed E-state index contributed by atoms with van der Waals surface area (Å²) in [6.07, 6.45) is 3.60. The Balaban J connectivity index is 2.20. The molecule has 0 bridgehead atoms. The van der Waals surface area contributed by atoms with Crippen molar-refractivity contribution >= 4 is 22.0 Å². The van der Waals surface area contributed by atoms with E-state index in [0.29, 0.717) is 13.0 Å². The number of carbonyl (C=O) groups is 1. The second-order valence-corrected chi connectivity index (χ2v) is 6.55. The van der Waals surface area contributed by atoms with Crippen LogP contribution in [0.4, 0.5) is 0 Å². The van der Waals surface area contributed by atoms with Gasteiger partial charge in [0.15, 0.2) is 0 Å². The number of primary amides is 1. The number of nitrogens with two attached hydrogens (primary N) is 1. The largest absolute Gasteiger partial charge is 0.368 e. The number of sulfonamides is 1. The molecule has 1 aliphatic heterocycles. The van der Waals surface area contributed by atoms with Crippen molar-refractivity contribution in [2.75, 3.05) is 6.54 Å². The minimum absolute atomic E-state index is 0.342. The molecular formula is C14H18N2O3S. The van der Waals surface area contributed by atoms with E-state index in [0.717, 1.165) is 23.8 Å². The van der Waals surface area contributed by atoms with Gasteiger partial charge in [0.25, 0.3) is 0 Å². The van der Waals surface area contributed by atoms with Crippen molar-refractivity contribution < 1.29 is 13.2 Å². The van der Waals surface area contributed by atoms with Crippen molar-refractivity contribution in [2.45, 2.75) is 25.3 Å². The van der Waals surface area contributed by atoms with E-state index in [1.54, 1.807) is 0 Å². The second-order valence-electron chi connectivity index (χ2n) is 4.78. The summed E-state index contributed by atoms with van der Waals surface area (Å²) in [7, 11) is -3.62. The maximum atomic E-state index is 12.3. The molecular weight excluding hydrogens is 276 g/mol. The fourth-order valence-corrected chi connectivity index (χ4v) is 3.73. The Morgan fingerprint density at radius 2 is 1.95 bits per heavy atom. The lowest BCUT2D eigenvalue weighted by Crippen LogP contribution is -2.49. The van der Waals surface area contributed by atoms with Gasteiger partial charge in [-0.1, -0.05) is 36.8 Å². The maximum absolute atomic E-state index is 12.3. The highest BCUT2D eigenvalue weighted by atomic mass is 32.2. The summed E-state index contributed by atoms with van der Waals surface area (Å²) >= 11 is 0. The molecule has 1 aliphatic rings. The average Bonchev–Trinajstić information content (AvgIpc) is 2.46. The third-order valence-electron chi connectivity index (χ3n) is 3.34. The lowest BCUT2D eigenvalue weighted by Gasteiger charge is -2.31. The highest BCUT2D eigenvalue weighted by molar-refractivity contribution is 7.92. The molecule has 1 amide bonds. The van der Waals surface area contributed by atoms with Crippen molar-refractivity contribution in [3.8, 4) is 0 Å². The topological polar surface area (TPSA) is 80.5 Å². The maximum Gasteiger partial charge on any atom is 0.236 e. The summed E-state index contributed by atoms with van der Waals surface area (Å²) in [5, 5.41) is 1.14. The van der Waals surface area contributed by atoms with Crippen molar-refractivity contribution in [3.05, 3.63) is 41.3 Å². The molecule has 0 aromatic heterocycles. The van der Waals surface area contributed by atoms with Gasteiger partial charge in [-0.2, -0.15) is 4.31 Å². The van der Waals surface area contributed by atoms with Crippen LogP contribution < -0.4 is 5.73 Å². The van der Waals surface area contributed by atoms with Gasteiger partial charge in [-0.15, -0.1) is 0 Å². The van der Waals surface area contributed by atoms with Crippen LogP contribution in [0.2, 0.25) is 0 Å². The Morgan fingerprint density at radius 1 is 1.25 bits per heavy atom. The predicted molar refractivity (Wildman–Crippen MR) is 77.9 cm³/mol. The molecule has 1 aromatic carbocycles. The van der Waals surface area contributed by atoms with Crippen LogP contribution in [0.1, 0.15) is 24.8 Å². The van der Waals surface area contributed by atoms with Crippen molar-refractivity contribution in [3.63, 3.8) is 0 Å². The van der Waals surface area contributed by atoms with E-state index >= 15 is 0 Å². The first-order chi connectivity index (χ1) is 9.50. The lowest BCUT2D eigenvalue weighted by molar-refractivity contribution is -0.122. The monoisotopic (exact) mass is 294 g/mol. The van der Waals surface area contributed by atoms with Gasteiger partial charge in [0, 0.05) is 12.0 Å². The van der Waals surface area contributed by atoms with Gasteiger partial charge >= 0.3 is 0 Å². The molecule has 0 aliphatic carbocycles. The normalized spacial score (nSPS) is 21.1. The zero-order chi connectivity index (χ0) is 14.6. The molecule has 1 saturated heterocycles.